The van der Waals surface area contributed by atoms with Gasteiger partial charge in [-0.05, 0) is 54.6 Å². The van der Waals surface area contributed by atoms with Gasteiger partial charge in [-0.2, -0.15) is 0 Å². The van der Waals surface area contributed by atoms with E-state index in [1.54, 1.807) is 30.3 Å². The topological polar surface area (TPSA) is 75.7 Å². The first kappa shape index (κ1) is 18.7. The van der Waals surface area contributed by atoms with Gasteiger partial charge >= 0.3 is 5.97 Å². The van der Waals surface area contributed by atoms with E-state index in [1.165, 1.54) is 12.0 Å². The van der Waals surface area contributed by atoms with Crippen molar-refractivity contribution < 1.29 is 19.1 Å². The Labute approximate surface area is 161 Å². The van der Waals surface area contributed by atoms with Crippen molar-refractivity contribution >= 4 is 40.6 Å². The van der Waals surface area contributed by atoms with Crippen LogP contribution in [0.15, 0.2) is 53.4 Å². The highest BCUT2D eigenvalue weighted by Crippen LogP contribution is 2.32. The van der Waals surface area contributed by atoms with Crippen LogP contribution in [0.2, 0.25) is 0 Å². The molecular weight excluding hydrogens is 364 g/mol. The van der Waals surface area contributed by atoms with Crippen LogP contribution in [0.4, 0.5) is 10.5 Å². The van der Waals surface area contributed by atoms with Crippen LogP contribution in [0.5, 0.6) is 0 Å². The molecule has 0 bridgehead atoms. The van der Waals surface area contributed by atoms with Crippen molar-refractivity contribution in [2.45, 2.75) is 6.92 Å². The Morgan fingerprint density at radius 2 is 1.78 bits per heavy atom. The summed E-state index contributed by atoms with van der Waals surface area (Å²) in [7, 11) is 1.32. The summed E-state index contributed by atoms with van der Waals surface area (Å²) in [5.74, 6) is -0.772. The summed E-state index contributed by atoms with van der Waals surface area (Å²) in [6.45, 7) is 2.09. The molecule has 7 heteroatoms. The van der Waals surface area contributed by atoms with Gasteiger partial charge in [-0.1, -0.05) is 29.8 Å². The van der Waals surface area contributed by atoms with Gasteiger partial charge in [0, 0.05) is 5.69 Å². The third kappa shape index (κ3) is 4.38. The predicted molar refractivity (Wildman–Crippen MR) is 105 cm³/mol. The summed E-state index contributed by atoms with van der Waals surface area (Å²) < 4.78 is 4.65. The fourth-order valence-corrected chi connectivity index (χ4v) is 3.30. The standard InChI is InChI=1S/C20H18N2O4S/c1-13-3-9-16(10-4-13)21-12-22-18(23)17(27-20(22)25)11-14-5-7-15(8-6-14)19(24)26-2/h3-11,21H,12H2,1-2H3. The number of thioether (sulfide) groups is 1. The van der Waals surface area contributed by atoms with E-state index in [9.17, 15) is 14.4 Å². The quantitative estimate of drug-likeness (QED) is 0.625. The van der Waals surface area contributed by atoms with Crippen molar-refractivity contribution in [3.05, 3.63) is 70.1 Å². The zero-order chi connectivity index (χ0) is 19.4. The molecule has 0 atom stereocenters. The number of hydrogen-bond acceptors (Lipinski definition) is 6. The number of carbonyl (C=O) groups is 3. The molecule has 0 radical (unpaired) electrons. The van der Waals surface area contributed by atoms with Crippen LogP contribution in [-0.4, -0.2) is 35.8 Å². The van der Waals surface area contributed by atoms with Gasteiger partial charge < -0.3 is 10.1 Å². The number of carbonyl (C=O) groups excluding carboxylic acids is 3. The van der Waals surface area contributed by atoms with Crippen molar-refractivity contribution in [1.82, 2.24) is 4.90 Å². The number of esters is 1. The minimum absolute atomic E-state index is 0.104. The summed E-state index contributed by atoms with van der Waals surface area (Å²) in [6, 6.07) is 14.3. The smallest absolute Gasteiger partial charge is 0.337 e. The Kier molecular flexibility index (Phi) is 5.61. The fourth-order valence-electron chi connectivity index (χ4n) is 2.46. The van der Waals surface area contributed by atoms with E-state index in [-0.39, 0.29) is 17.8 Å². The van der Waals surface area contributed by atoms with Crippen LogP contribution < -0.4 is 5.32 Å². The van der Waals surface area contributed by atoms with Crippen LogP contribution in [0.3, 0.4) is 0 Å². The molecule has 1 N–H and O–H groups in total. The maximum atomic E-state index is 12.5. The molecule has 1 fully saturated rings. The average molecular weight is 382 g/mol. The molecule has 0 spiro atoms. The lowest BCUT2D eigenvalue weighted by atomic mass is 10.1. The van der Waals surface area contributed by atoms with Gasteiger partial charge in [0.05, 0.1) is 24.2 Å². The number of rotatable bonds is 5. The van der Waals surface area contributed by atoms with E-state index in [0.29, 0.717) is 10.5 Å². The van der Waals surface area contributed by atoms with Gasteiger partial charge in [-0.15, -0.1) is 0 Å². The number of imide groups is 1. The molecule has 1 saturated heterocycles. The van der Waals surface area contributed by atoms with Crippen molar-refractivity contribution in [3.8, 4) is 0 Å². The average Bonchev–Trinajstić information content (AvgIpc) is 2.94. The second-order valence-electron chi connectivity index (χ2n) is 5.92. The molecular formula is C20H18N2O4S. The number of benzene rings is 2. The first-order valence-electron chi connectivity index (χ1n) is 8.22. The number of nitrogens with one attached hydrogen (secondary N) is 1. The number of nitrogens with zero attached hydrogens (tertiary/aromatic N) is 1. The van der Waals surface area contributed by atoms with Crippen LogP contribution in [0.1, 0.15) is 21.5 Å². The molecule has 1 heterocycles. The molecule has 2 aromatic carbocycles. The third-order valence-electron chi connectivity index (χ3n) is 4.00. The van der Waals surface area contributed by atoms with Gasteiger partial charge in [0.15, 0.2) is 0 Å². The van der Waals surface area contributed by atoms with E-state index < -0.39 is 5.97 Å². The Morgan fingerprint density at radius 3 is 2.41 bits per heavy atom. The van der Waals surface area contributed by atoms with Crippen molar-refractivity contribution in [1.29, 1.82) is 0 Å². The summed E-state index contributed by atoms with van der Waals surface area (Å²) in [5.41, 5.74) is 3.11. The third-order valence-corrected chi connectivity index (χ3v) is 4.90. The highest BCUT2D eigenvalue weighted by Gasteiger charge is 2.34. The van der Waals surface area contributed by atoms with Gasteiger partial charge in [0.1, 0.15) is 0 Å². The van der Waals surface area contributed by atoms with Crippen LogP contribution in [0.25, 0.3) is 6.08 Å². The molecule has 2 amide bonds. The number of hydrogen-bond donors (Lipinski definition) is 1. The maximum absolute atomic E-state index is 12.5. The Morgan fingerprint density at radius 1 is 1.11 bits per heavy atom. The van der Waals surface area contributed by atoms with E-state index in [4.69, 9.17) is 0 Å². The number of aryl methyl sites for hydroxylation is 1. The second-order valence-corrected chi connectivity index (χ2v) is 6.92. The van der Waals surface area contributed by atoms with Gasteiger partial charge in [-0.25, -0.2) is 4.79 Å². The van der Waals surface area contributed by atoms with E-state index >= 15 is 0 Å². The molecule has 0 aromatic heterocycles. The lowest BCUT2D eigenvalue weighted by molar-refractivity contribution is -0.122. The number of anilines is 1. The summed E-state index contributed by atoms with van der Waals surface area (Å²) in [4.78, 5) is 37.7. The zero-order valence-corrected chi connectivity index (χ0v) is 15.7. The Balaban J connectivity index is 1.68. The molecule has 6 nitrogen and oxygen atoms in total. The van der Waals surface area contributed by atoms with Crippen molar-refractivity contribution in [2.75, 3.05) is 19.1 Å². The molecule has 3 rings (SSSR count). The number of methoxy groups -OCH3 is 1. The first-order chi connectivity index (χ1) is 13.0. The largest absolute Gasteiger partial charge is 0.465 e. The van der Waals surface area contributed by atoms with Crippen molar-refractivity contribution in [3.63, 3.8) is 0 Å². The summed E-state index contributed by atoms with van der Waals surface area (Å²) in [5, 5.41) is 2.76. The summed E-state index contributed by atoms with van der Waals surface area (Å²) in [6.07, 6.45) is 1.64. The van der Waals surface area contributed by atoms with E-state index in [0.717, 1.165) is 28.6 Å². The molecule has 0 aliphatic carbocycles. The monoisotopic (exact) mass is 382 g/mol. The minimum atomic E-state index is -0.427. The van der Waals surface area contributed by atoms with Gasteiger partial charge in [-0.3, -0.25) is 14.5 Å². The SMILES string of the molecule is COC(=O)c1ccc(C=C2SC(=O)N(CNc3ccc(C)cc3)C2=O)cc1. The lowest BCUT2D eigenvalue weighted by Gasteiger charge is -2.14. The predicted octanol–water partition coefficient (Wildman–Crippen LogP) is 3.89. The minimum Gasteiger partial charge on any atom is -0.465 e. The molecule has 0 saturated carbocycles. The molecule has 27 heavy (non-hydrogen) atoms. The first-order valence-corrected chi connectivity index (χ1v) is 9.04. The molecule has 138 valence electrons. The lowest BCUT2D eigenvalue weighted by Crippen LogP contribution is -2.33. The Bertz CT molecular complexity index is 905. The molecule has 1 aliphatic heterocycles. The molecule has 2 aromatic rings. The van der Waals surface area contributed by atoms with Crippen molar-refractivity contribution in [2.24, 2.45) is 0 Å². The molecule has 0 unspecified atom stereocenters. The second kappa shape index (κ2) is 8.09. The zero-order valence-electron chi connectivity index (χ0n) is 14.9. The van der Waals surface area contributed by atoms with Crippen LogP contribution in [0, 0.1) is 6.92 Å². The Hall–Kier alpha value is -3.06. The number of amides is 2. The summed E-state index contributed by atoms with van der Waals surface area (Å²) >= 11 is 0.896. The van der Waals surface area contributed by atoms with Gasteiger partial charge in [0.25, 0.3) is 11.1 Å². The number of ether oxygens (including phenoxy) is 1. The van der Waals surface area contributed by atoms with Crippen LogP contribution >= 0.6 is 11.8 Å². The fraction of sp³-hybridized carbons (Fsp3) is 0.150. The maximum Gasteiger partial charge on any atom is 0.337 e. The van der Waals surface area contributed by atoms with E-state index in [2.05, 4.69) is 10.1 Å². The normalized spacial score (nSPS) is 15.3. The highest BCUT2D eigenvalue weighted by atomic mass is 32.2. The highest BCUT2D eigenvalue weighted by molar-refractivity contribution is 8.18. The van der Waals surface area contributed by atoms with Gasteiger partial charge in [0.2, 0.25) is 0 Å². The van der Waals surface area contributed by atoms with E-state index in [1.807, 2.05) is 31.2 Å². The van der Waals surface area contributed by atoms with Crippen LogP contribution in [-0.2, 0) is 9.53 Å². The molecule has 1 aliphatic rings.